The van der Waals surface area contributed by atoms with Crippen molar-refractivity contribution in [2.24, 2.45) is 11.8 Å². The van der Waals surface area contributed by atoms with Gasteiger partial charge < -0.3 is 5.32 Å². The summed E-state index contributed by atoms with van der Waals surface area (Å²) >= 11 is 0. The van der Waals surface area contributed by atoms with E-state index in [2.05, 4.69) is 17.3 Å². The zero-order valence-corrected chi connectivity index (χ0v) is 12.6. The second-order valence-electron chi connectivity index (χ2n) is 6.09. The Hall–Kier alpha value is -1.84. The lowest BCUT2D eigenvalue weighted by Crippen LogP contribution is -2.31. The summed E-state index contributed by atoms with van der Waals surface area (Å²) in [5.74, 6) is 1.53. The molecule has 21 heavy (non-hydrogen) atoms. The Morgan fingerprint density at radius 1 is 1.29 bits per heavy atom. The molecule has 0 aliphatic heterocycles. The maximum atomic E-state index is 12.3. The molecule has 2 aromatic rings. The van der Waals surface area contributed by atoms with Crippen molar-refractivity contribution in [1.82, 2.24) is 14.9 Å². The van der Waals surface area contributed by atoms with E-state index >= 15 is 0 Å². The maximum absolute atomic E-state index is 12.3. The predicted molar refractivity (Wildman–Crippen MR) is 83.3 cm³/mol. The van der Waals surface area contributed by atoms with Crippen molar-refractivity contribution in [3.05, 3.63) is 36.2 Å². The van der Waals surface area contributed by atoms with Crippen molar-refractivity contribution in [2.45, 2.75) is 39.0 Å². The van der Waals surface area contributed by atoms with Gasteiger partial charge in [-0.25, -0.2) is 4.52 Å². The molecule has 0 radical (unpaired) electrons. The summed E-state index contributed by atoms with van der Waals surface area (Å²) in [5, 5.41) is 7.30. The summed E-state index contributed by atoms with van der Waals surface area (Å²) in [4.78, 5) is 12.3. The highest BCUT2D eigenvalue weighted by molar-refractivity contribution is 6.00. The maximum Gasteiger partial charge on any atom is 0.255 e. The Bertz CT molecular complexity index is 611. The molecule has 1 fully saturated rings. The Kier molecular flexibility index (Phi) is 4.23. The molecule has 0 saturated heterocycles. The Labute approximate surface area is 125 Å². The molecule has 112 valence electrons. The summed E-state index contributed by atoms with van der Waals surface area (Å²) in [6.45, 7) is 3.07. The van der Waals surface area contributed by atoms with Crippen molar-refractivity contribution in [3.8, 4) is 0 Å². The van der Waals surface area contributed by atoms with Gasteiger partial charge in [0.2, 0.25) is 0 Å². The van der Waals surface area contributed by atoms with E-state index in [0.717, 1.165) is 18.0 Å². The molecule has 1 aliphatic rings. The minimum Gasteiger partial charge on any atom is -0.352 e. The third kappa shape index (κ3) is 3.09. The summed E-state index contributed by atoms with van der Waals surface area (Å²) in [6, 6.07) is 5.77. The van der Waals surface area contributed by atoms with Crippen LogP contribution in [0.25, 0.3) is 5.52 Å². The zero-order valence-electron chi connectivity index (χ0n) is 12.6. The lowest BCUT2D eigenvalue weighted by atomic mass is 9.81. The zero-order chi connectivity index (χ0) is 14.7. The Morgan fingerprint density at radius 2 is 2.05 bits per heavy atom. The van der Waals surface area contributed by atoms with Crippen LogP contribution in [0.1, 0.15) is 49.4 Å². The number of hydrogen-bond acceptors (Lipinski definition) is 2. The Morgan fingerprint density at radius 3 is 2.81 bits per heavy atom. The predicted octanol–water partition coefficient (Wildman–Crippen LogP) is 3.28. The molecule has 3 rings (SSSR count). The van der Waals surface area contributed by atoms with Crippen molar-refractivity contribution in [2.75, 3.05) is 6.54 Å². The number of carbonyl (C=O) groups is 1. The van der Waals surface area contributed by atoms with E-state index in [0.29, 0.717) is 11.5 Å². The largest absolute Gasteiger partial charge is 0.352 e. The van der Waals surface area contributed by atoms with Crippen molar-refractivity contribution in [3.63, 3.8) is 0 Å². The lowest BCUT2D eigenvalue weighted by Gasteiger charge is -2.27. The number of nitrogens with zero attached hydrogens (tertiary/aromatic N) is 2. The second kappa shape index (κ2) is 6.29. The quantitative estimate of drug-likeness (QED) is 0.937. The van der Waals surface area contributed by atoms with Crippen LogP contribution >= 0.6 is 0 Å². The van der Waals surface area contributed by atoms with Crippen LogP contribution in [0.3, 0.4) is 0 Å². The first-order valence-corrected chi connectivity index (χ1v) is 7.98. The van der Waals surface area contributed by atoms with E-state index in [9.17, 15) is 4.79 Å². The fourth-order valence-corrected chi connectivity index (χ4v) is 3.29. The summed E-state index contributed by atoms with van der Waals surface area (Å²) in [7, 11) is 0. The monoisotopic (exact) mass is 285 g/mol. The minimum absolute atomic E-state index is 0.00573. The van der Waals surface area contributed by atoms with Gasteiger partial charge in [-0.2, -0.15) is 5.10 Å². The van der Waals surface area contributed by atoms with Gasteiger partial charge in [-0.05, 0) is 36.8 Å². The molecule has 0 unspecified atom stereocenters. The van der Waals surface area contributed by atoms with Crippen LogP contribution in [-0.4, -0.2) is 22.1 Å². The molecule has 4 heteroatoms. The topological polar surface area (TPSA) is 46.4 Å². The summed E-state index contributed by atoms with van der Waals surface area (Å²) in [6.07, 6.45) is 9.92. The van der Waals surface area contributed by atoms with Gasteiger partial charge in [0.15, 0.2) is 0 Å². The molecule has 2 heterocycles. The van der Waals surface area contributed by atoms with Crippen molar-refractivity contribution < 1.29 is 4.79 Å². The molecule has 1 saturated carbocycles. The number of amides is 1. The van der Waals surface area contributed by atoms with Crippen LogP contribution in [0, 0.1) is 11.8 Å². The van der Waals surface area contributed by atoms with Gasteiger partial charge in [0.05, 0.1) is 17.3 Å². The molecular formula is C17H23N3O. The molecule has 0 spiro atoms. The fraction of sp³-hybridized carbons (Fsp3) is 0.529. The van der Waals surface area contributed by atoms with E-state index in [1.807, 2.05) is 24.4 Å². The molecule has 0 bridgehead atoms. The first-order chi connectivity index (χ1) is 10.3. The van der Waals surface area contributed by atoms with Crippen LogP contribution in [-0.2, 0) is 0 Å². The summed E-state index contributed by atoms with van der Waals surface area (Å²) < 4.78 is 1.74. The molecule has 1 N–H and O–H groups in total. The fourth-order valence-electron chi connectivity index (χ4n) is 3.29. The molecule has 4 nitrogen and oxygen atoms in total. The second-order valence-corrected chi connectivity index (χ2v) is 6.09. The number of pyridine rings is 1. The van der Waals surface area contributed by atoms with Gasteiger partial charge >= 0.3 is 0 Å². The summed E-state index contributed by atoms with van der Waals surface area (Å²) in [5.41, 5.74) is 1.53. The molecular weight excluding hydrogens is 262 g/mol. The first kappa shape index (κ1) is 14.1. The van der Waals surface area contributed by atoms with Crippen LogP contribution in [0.15, 0.2) is 30.6 Å². The van der Waals surface area contributed by atoms with Crippen molar-refractivity contribution >= 4 is 11.4 Å². The molecule has 0 aromatic carbocycles. The average Bonchev–Trinajstić information content (AvgIpc) is 2.97. The number of aromatic nitrogens is 2. The molecule has 0 atom stereocenters. The van der Waals surface area contributed by atoms with E-state index in [1.54, 1.807) is 10.7 Å². The van der Waals surface area contributed by atoms with E-state index in [4.69, 9.17) is 0 Å². The number of carbonyl (C=O) groups excluding carboxylic acids is 1. The highest BCUT2D eigenvalue weighted by Gasteiger charge is 2.21. The van der Waals surface area contributed by atoms with Gasteiger partial charge in [-0.15, -0.1) is 0 Å². The van der Waals surface area contributed by atoms with Crippen LogP contribution in [0.2, 0.25) is 0 Å². The van der Waals surface area contributed by atoms with Crippen LogP contribution in [0.4, 0.5) is 0 Å². The van der Waals surface area contributed by atoms with E-state index in [1.165, 1.54) is 32.1 Å². The highest BCUT2D eigenvalue weighted by atomic mass is 16.1. The van der Waals surface area contributed by atoms with Crippen molar-refractivity contribution in [1.29, 1.82) is 0 Å². The SMILES string of the molecule is CCC1CCC(CNC(=O)c2cnn3ccccc23)CC1. The number of nitrogens with one attached hydrogen (secondary N) is 1. The van der Waals surface area contributed by atoms with Gasteiger partial charge in [-0.1, -0.05) is 32.3 Å². The van der Waals surface area contributed by atoms with Gasteiger partial charge in [0, 0.05) is 12.7 Å². The smallest absolute Gasteiger partial charge is 0.255 e. The van der Waals surface area contributed by atoms with Gasteiger partial charge in [0.1, 0.15) is 0 Å². The minimum atomic E-state index is -0.00573. The third-order valence-corrected chi connectivity index (χ3v) is 4.77. The molecule has 2 aromatic heterocycles. The van der Waals surface area contributed by atoms with Crippen LogP contribution in [0.5, 0.6) is 0 Å². The van der Waals surface area contributed by atoms with E-state index in [-0.39, 0.29) is 5.91 Å². The first-order valence-electron chi connectivity index (χ1n) is 7.98. The number of fused-ring (bicyclic) bond motifs is 1. The number of rotatable bonds is 4. The lowest BCUT2D eigenvalue weighted by molar-refractivity contribution is 0.0943. The van der Waals surface area contributed by atoms with Crippen LogP contribution < -0.4 is 5.32 Å². The molecule has 1 aliphatic carbocycles. The Balaban J connectivity index is 1.57. The highest BCUT2D eigenvalue weighted by Crippen LogP contribution is 2.30. The number of hydrogen-bond donors (Lipinski definition) is 1. The average molecular weight is 285 g/mol. The normalized spacial score (nSPS) is 22.3. The van der Waals surface area contributed by atoms with Gasteiger partial charge in [-0.3, -0.25) is 4.79 Å². The standard InChI is InChI=1S/C17H23N3O/c1-2-13-6-8-14(9-7-13)11-18-17(21)15-12-19-20-10-4-3-5-16(15)20/h3-5,10,12-14H,2,6-9,11H2,1H3,(H,18,21). The van der Waals surface area contributed by atoms with Gasteiger partial charge in [0.25, 0.3) is 5.91 Å². The molecule has 1 amide bonds. The van der Waals surface area contributed by atoms with E-state index < -0.39 is 0 Å². The third-order valence-electron chi connectivity index (χ3n) is 4.77.